The van der Waals surface area contributed by atoms with Crippen molar-refractivity contribution < 1.29 is 27.4 Å². The summed E-state index contributed by atoms with van der Waals surface area (Å²) in [7, 11) is 2.84. The molecule has 35 heavy (non-hydrogen) atoms. The van der Waals surface area contributed by atoms with Crippen LogP contribution in [0.2, 0.25) is 0 Å². The molecular formula is C20H24F3N9O3. The van der Waals surface area contributed by atoms with Crippen LogP contribution in [-0.4, -0.2) is 65.0 Å². The van der Waals surface area contributed by atoms with Gasteiger partial charge < -0.3 is 31.2 Å². The number of aliphatic imine (C=N–C) groups is 1. The summed E-state index contributed by atoms with van der Waals surface area (Å²) in [5.74, 6) is -0.754. The maximum absolute atomic E-state index is 12.7. The Morgan fingerprint density at radius 2 is 2.09 bits per heavy atom. The predicted molar refractivity (Wildman–Crippen MR) is 119 cm³/mol. The Labute approximate surface area is 198 Å². The Kier molecular flexibility index (Phi) is 8.01. The predicted octanol–water partition coefficient (Wildman–Crippen LogP) is 1.12. The third-order valence-electron chi connectivity index (χ3n) is 4.79. The molecule has 1 amide bonds. The molecule has 188 valence electrons. The lowest BCUT2D eigenvalue weighted by atomic mass is 10.0. The fourth-order valence-corrected chi connectivity index (χ4v) is 3.32. The highest BCUT2D eigenvalue weighted by Gasteiger charge is 2.43. The van der Waals surface area contributed by atoms with E-state index in [0.717, 1.165) is 12.4 Å². The van der Waals surface area contributed by atoms with Gasteiger partial charge >= 0.3 is 6.18 Å². The standard InChI is InChI=1S/C20H24F3N9O3/c1-25-15(18(33)26-2)13(6-24)32-19(4-3-5-35-19)16-17(30-12-7-27-11-28-8-12)29-9-14(31-16)34-10-20(21,22)23/h6-9,11,32H,3-5,10,24H2,1-2H3,(H,26,33)(H,29,30). The van der Waals surface area contributed by atoms with Crippen molar-refractivity contribution in [3.63, 3.8) is 0 Å². The van der Waals surface area contributed by atoms with Gasteiger partial charge in [-0.2, -0.15) is 13.2 Å². The first kappa shape index (κ1) is 25.6. The van der Waals surface area contributed by atoms with Crippen LogP contribution >= 0.6 is 0 Å². The highest BCUT2D eigenvalue weighted by molar-refractivity contribution is 6.45. The first-order valence-electron chi connectivity index (χ1n) is 10.3. The number of nitrogens with one attached hydrogen (secondary N) is 3. The van der Waals surface area contributed by atoms with E-state index < -0.39 is 24.4 Å². The number of amides is 1. The molecule has 2 aromatic heterocycles. The fraction of sp³-hybridized carbons (Fsp3) is 0.400. The smallest absolute Gasteiger partial charge is 0.422 e. The van der Waals surface area contributed by atoms with E-state index in [1.165, 1.54) is 32.8 Å². The molecule has 1 aliphatic rings. The Hall–Kier alpha value is -4.01. The molecule has 0 spiro atoms. The van der Waals surface area contributed by atoms with Crippen LogP contribution in [0.25, 0.3) is 0 Å². The van der Waals surface area contributed by atoms with Crippen LogP contribution in [-0.2, 0) is 15.3 Å². The number of hydrogen-bond acceptors (Lipinski definition) is 11. The van der Waals surface area contributed by atoms with E-state index >= 15 is 0 Å². The number of nitrogens with two attached hydrogens (primary N) is 1. The SMILES string of the molecule is CN=C(C(=O)NC)C(=CN)NC1(c2nc(OCC(F)(F)F)cnc2Nc2cncnc2)CCCO1. The summed E-state index contributed by atoms with van der Waals surface area (Å²) in [6.07, 6.45) is 2.76. The van der Waals surface area contributed by atoms with Crippen molar-refractivity contribution in [1.29, 1.82) is 0 Å². The van der Waals surface area contributed by atoms with Gasteiger partial charge in [0.25, 0.3) is 5.91 Å². The molecule has 1 saturated heterocycles. The summed E-state index contributed by atoms with van der Waals surface area (Å²) in [5.41, 5.74) is 4.96. The Morgan fingerprint density at radius 1 is 1.34 bits per heavy atom. The molecule has 0 bridgehead atoms. The fourth-order valence-electron chi connectivity index (χ4n) is 3.32. The molecule has 0 radical (unpaired) electrons. The van der Waals surface area contributed by atoms with Gasteiger partial charge in [-0.05, 0) is 6.42 Å². The minimum Gasteiger partial charge on any atom is -0.467 e. The number of hydrogen-bond donors (Lipinski definition) is 4. The molecule has 1 aliphatic heterocycles. The summed E-state index contributed by atoms with van der Waals surface area (Å²) in [4.78, 5) is 32.6. The molecule has 2 aromatic rings. The maximum Gasteiger partial charge on any atom is 0.422 e. The van der Waals surface area contributed by atoms with Crippen molar-refractivity contribution in [2.75, 3.05) is 32.6 Å². The molecule has 0 saturated carbocycles. The Bertz CT molecular complexity index is 1090. The number of anilines is 2. The summed E-state index contributed by atoms with van der Waals surface area (Å²) in [6, 6.07) is 0. The van der Waals surface area contributed by atoms with Crippen molar-refractivity contribution in [3.8, 4) is 5.88 Å². The monoisotopic (exact) mass is 495 g/mol. The van der Waals surface area contributed by atoms with Crippen LogP contribution in [0.5, 0.6) is 5.88 Å². The van der Waals surface area contributed by atoms with E-state index in [4.69, 9.17) is 15.2 Å². The number of carbonyl (C=O) groups excluding carboxylic acids is 1. The summed E-state index contributed by atoms with van der Waals surface area (Å²) in [5, 5.41) is 8.51. The number of aromatic nitrogens is 4. The second kappa shape index (κ2) is 10.9. The molecule has 5 N–H and O–H groups in total. The lowest BCUT2D eigenvalue weighted by Crippen LogP contribution is -2.46. The topological polar surface area (TPSA) is 162 Å². The van der Waals surface area contributed by atoms with Gasteiger partial charge in [0.05, 0.1) is 36.6 Å². The van der Waals surface area contributed by atoms with Crippen LogP contribution in [0.3, 0.4) is 0 Å². The van der Waals surface area contributed by atoms with Gasteiger partial charge in [0.1, 0.15) is 17.7 Å². The second-order valence-corrected chi connectivity index (χ2v) is 7.20. The van der Waals surface area contributed by atoms with Gasteiger partial charge in [0, 0.05) is 26.7 Å². The Morgan fingerprint density at radius 3 is 2.66 bits per heavy atom. The average molecular weight is 495 g/mol. The van der Waals surface area contributed by atoms with Crippen molar-refractivity contribution in [1.82, 2.24) is 30.6 Å². The highest BCUT2D eigenvalue weighted by Crippen LogP contribution is 2.38. The normalized spacial score (nSPS) is 18.8. The number of nitrogens with zero attached hydrogens (tertiary/aromatic N) is 5. The van der Waals surface area contributed by atoms with Gasteiger partial charge in [-0.3, -0.25) is 9.79 Å². The Balaban J connectivity index is 2.07. The third-order valence-corrected chi connectivity index (χ3v) is 4.79. The van der Waals surface area contributed by atoms with Crippen molar-refractivity contribution in [2.45, 2.75) is 24.7 Å². The minimum atomic E-state index is -4.57. The number of alkyl halides is 3. The van der Waals surface area contributed by atoms with Crippen molar-refractivity contribution >= 4 is 23.1 Å². The first-order chi connectivity index (χ1) is 16.7. The quantitative estimate of drug-likeness (QED) is 0.371. The molecular weight excluding hydrogens is 471 g/mol. The van der Waals surface area contributed by atoms with E-state index in [0.29, 0.717) is 18.5 Å². The molecule has 12 nitrogen and oxygen atoms in total. The van der Waals surface area contributed by atoms with Crippen LogP contribution < -0.4 is 26.4 Å². The minimum absolute atomic E-state index is 0.0201. The maximum atomic E-state index is 12.7. The zero-order valence-electron chi connectivity index (χ0n) is 18.9. The largest absolute Gasteiger partial charge is 0.467 e. The first-order valence-corrected chi connectivity index (χ1v) is 10.3. The summed E-state index contributed by atoms with van der Waals surface area (Å²) >= 11 is 0. The van der Waals surface area contributed by atoms with Crippen LogP contribution in [0.1, 0.15) is 18.5 Å². The number of rotatable bonds is 9. The van der Waals surface area contributed by atoms with E-state index in [-0.39, 0.29) is 35.4 Å². The molecule has 1 unspecified atom stereocenters. The number of carbonyl (C=O) groups is 1. The second-order valence-electron chi connectivity index (χ2n) is 7.20. The van der Waals surface area contributed by atoms with Gasteiger partial charge in [-0.15, -0.1) is 0 Å². The number of ether oxygens (including phenoxy) is 2. The molecule has 3 rings (SSSR count). The molecule has 1 fully saturated rings. The zero-order chi connectivity index (χ0) is 25.5. The molecule has 0 aromatic carbocycles. The molecule has 15 heteroatoms. The van der Waals surface area contributed by atoms with E-state index in [1.54, 1.807) is 0 Å². The van der Waals surface area contributed by atoms with Gasteiger partial charge in [-0.1, -0.05) is 0 Å². The summed E-state index contributed by atoms with van der Waals surface area (Å²) in [6.45, 7) is -1.27. The highest BCUT2D eigenvalue weighted by atomic mass is 19.4. The summed E-state index contributed by atoms with van der Waals surface area (Å²) < 4.78 is 49.0. The lowest BCUT2D eigenvalue weighted by Gasteiger charge is -2.32. The van der Waals surface area contributed by atoms with Crippen molar-refractivity contribution in [2.24, 2.45) is 10.7 Å². The van der Waals surface area contributed by atoms with Crippen LogP contribution in [0.4, 0.5) is 24.7 Å². The van der Waals surface area contributed by atoms with Crippen molar-refractivity contribution in [3.05, 3.63) is 42.5 Å². The van der Waals surface area contributed by atoms with E-state index in [9.17, 15) is 18.0 Å². The van der Waals surface area contributed by atoms with Gasteiger partial charge in [0.2, 0.25) is 5.88 Å². The average Bonchev–Trinajstić information content (AvgIpc) is 3.32. The van der Waals surface area contributed by atoms with E-state index in [2.05, 4.69) is 40.9 Å². The van der Waals surface area contributed by atoms with Crippen LogP contribution in [0, 0.1) is 0 Å². The number of halogens is 3. The lowest BCUT2D eigenvalue weighted by molar-refractivity contribution is -0.154. The third kappa shape index (κ3) is 6.32. The molecule has 1 atom stereocenters. The van der Waals surface area contributed by atoms with Gasteiger partial charge in [-0.25, -0.2) is 19.9 Å². The molecule has 0 aliphatic carbocycles. The zero-order valence-corrected chi connectivity index (χ0v) is 18.9. The molecule has 3 heterocycles. The van der Waals surface area contributed by atoms with Gasteiger partial charge in [0.15, 0.2) is 18.1 Å². The van der Waals surface area contributed by atoms with Crippen LogP contribution in [0.15, 0.2) is 41.8 Å². The van der Waals surface area contributed by atoms with E-state index in [1.807, 2.05) is 0 Å².